The van der Waals surface area contributed by atoms with Crippen LogP contribution in [-0.4, -0.2) is 33.7 Å². The van der Waals surface area contributed by atoms with Crippen LogP contribution in [0.3, 0.4) is 0 Å². The van der Waals surface area contributed by atoms with E-state index in [1.807, 2.05) is 0 Å². The van der Waals surface area contributed by atoms with Gasteiger partial charge in [0.2, 0.25) is 0 Å². The van der Waals surface area contributed by atoms with E-state index in [0.717, 1.165) is 17.0 Å². The molecule has 0 aliphatic rings. The molecule has 0 saturated heterocycles. The van der Waals surface area contributed by atoms with Crippen molar-refractivity contribution in [3.8, 4) is 0 Å². The summed E-state index contributed by atoms with van der Waals surface area (Å²) in [5, 5.41) is 16.9. The predicted octanol–water partition coefficient (Wildman–Crippen LogP) is 2.47. The summed E-state index contributed by atoms with van der Waals surface area (Å²) in [5.41, 5.74) is 0.414. The van der Waals surface area contributed by atoms with E-state index >= 15 is 0 Å². The van der Waals surface area contributed by atoms with Gasteiger partial charge in [0, 0.05) is 23.0 Å². The molecule has 0 radical (unpaired) electrons. The summed E-state index contributed by atoms with van der Waals surface area (Å²) in [6, 6.07) is 6.75. The number of benzene rings is 1. The van der Waals surface area contributed by atoms with Crippen LogP contribution in [0.15, 0.2) is 41.3 Å². The molecule has 1 aromatic carbocycles. The Bertz CT molecular complexity index is 519. The zero-order chi connectivity index (χ0) is 15.0. The number of aliphatic carboxylic acids is 2. The van der Waals surface area contributed by atoms with E-state index in [1.54, 1.807) is 24.3 Å². The van der Waals surface area contributed by atoms with E-state index in [9.17, 15) is 14.4 Å². The van der Waals surface area contributed by atoms with Crippen molar-refractivity contribution in [3.63, 3.8) is 0 Å². The average molecular weight is 294 g/mol. The molecule has 0 spiro atoms. The lowest BCUT2D eigenvalue weighted by molar-refractivity contribution is -0.137. The molecule has 1 rings (SSSR count). The van der Waals surface area contributed by atoms with Crippen molar-refractivity contribution in [1.82, 2.24) is 0 Å². The number of carbonyl (C=O) groups excluding carboxylic acids is 1. The Morgan fingerprint density at radius 3 is 2.25 bits per heavy atom. The maximum atomic E-state index is 11.6. The van der Waals surface area contributed by atoms with Crippen molar-refractivity contribution in [1.29, 1.82) is 0 Å². The second-order valence-electron chi connectivity index (χ2n) is 3.91. The van der Waals surface area contributed by atoms with Crippen LogP contribution in [0.2, 0.25) is 0 Å². The molecule has 0 saturated carbocycles. The smallest absolute Gasteiger partial charge is 0.328 e. The summed E-state index contributed by atoms with van der Waals surface area (Å²) in [6.45, 7) is 0. The minimum absolute atomic E-state index is 0.142. The average Bonchev–Trinajstić information content (AvgIpc) is 2.41. The third-order valence-electron chi connectivity index (χ3n) is 2.32. The van der Waals surface area contributed by atoms with Crippen molar-refractivity contribution >= 4 is 29.5 Å². The fourth-order valence-electron chi connectivity index (χ4n) is 1.37. The molecule has 0 fully saturated rings. The van der Waals surface area contributed by atoms with E-state index in [-0.39, 0.29) is 12.2 Å². The maximum absolute atomic E-state index is 11.6. The van der Waals surface area contributed by atoms with E-state index in [4.69, 9.17) is 10.2 Å². The maximum Gasteiger partial charge on any atom is 0.328 e. The fourth-order valence-corrected chi connectivity index (χ4v) is 2.22. The van der Waals surface area contributed by atoms with Crippen LogP contribution < -0.4 is 0 Å². The van der Waals surface area contributed by atoms with Crippen LogP contribution in [0.4, 0.5) is 0 Å². The number of carboxylic acids is 2. The SMILES string of the molecule is O=C(O)/C=C/C(=O)c1ccc(SCCCC(=O)O)cc1. The molecule has 1 aromatic rings. The molecule has 0 aliphatic heterocycles. The molecule has 6 heteroatoms. The Balaban J connectivity index is 2.49. The first-order valence-corrected chi connectivity index (χ1v) is 6.87. The minimum atomic E-state index is -1.16. The molecule has 0 aliphatic carbocycles. The van der Waals surface area contributed by atoms with Gasteiger partial charge < -0.3 is 10.2 Å². The summed E-state index contributed by atoms with van der Waals surface area (Å²) in [6.07, 6.45) is 2.54. The number of carboxylic acid groups (broad SMARTS) is 2. The van der Waals surface area contributed by atoms with Crippen molar-refractivity contribution in [2.75, 3.05) is 5.75 Å². The number of rotatable bonds is 8. The molecular formula is C14H14O5S. The molecule has 0 amide bonds. The van der Waals surface area contributed by atoms with Gasteiger partial charge in [-0.15, -0.1) is 11.8 Å². The summed E-state index contributed by atoms with van der Waals surface area (Å²) in [7, 11) is 0. The van der Waals surface area contributed by atoms with Crippen molar-refractivity contribution in [2.24, 2.45) is 0 Å². The van der Waals surface area contributed by atoms with Crippen molar-refractivity contribution in [3.05, 3.63) is 42.0 Å². The van der Waals surface area contributed by atoms with Gasteiger partial charge in [-0.25, -0.2) is 4.79 Å². The molecule has 20 heavy (non-hydrogen) atoms. The van der Waals surface area contributed by atoms with E-state index in [2.05, 4.69) is 0 Å². The van der Waals surface area contributed by atoms with Crippen molar-refractivity contribution < 1.29 is 24.6 Å². The highest BCUT2D eigenvalue weighted by atomic mass is 32.2. The summed E-state index contributed by atoms with van der Waals surface area (Å²) in [4.78, 5) is 33.2. The largest absolute Gasteiger partial charge is 0.481 e. The summed E-state index contributed by atoms with van der Waals surface area (Å²) in [5.74, 6) is -1.64. The van der Waals surface area contributed by atoms with Gasteiger partial charge in [0.05, 0.1) is 0 Å². The quantitative estimate of drug-likeness (QED) is 0.331. The first-order chi connectivity index (χ1) is 9.49. The van der Waals surface area contributed by atoms with Crippen LogP contribution in [-0.2, 0) is 9.59 Å². The highest BCUT2D eigenvalue weighted by molar-refractivity contribution is 7.99. The standard InChI is InChI=1S/C14H14O5S/c15-12(7-8-14(18)19)10-3-5-11(6-4-10)20-9-1-2-13(16)17/h3-8H,1-2,9H2,(H,16,17)(H,18,19)/b8-7+. The second kappa shape index (κ2) is 8.16. The molecule has 106 valence electrons. The van der Waals surface area contributed by atoms with Gasteiger partial charge in [0.1, 0.15) is 0 Å². The summed E-state index contributed by atoms with van der Waals surface area (Å²) >= 11 is 1.51. The number of allylic oxidation sites excluding steroid dienone is 1. The van der Waals surface area contributed by atoms with Gasteiger partial charge >= 0.3 is 11.9 Å². The molecule has 5 nitrogen and oxygen atoms in total. The molecule has 0 heterocycles. The topological polar surface area (TPSA) is 91.7 Å². The molecule has 0 unspecified atom stereocenters. The van der Waals surface area contributed by atoms with Gasteiger partial charge in [-0.05, 0) is 42.5 Å². The Kier molecular flexibility index (Phi) is 6.52. The van der Waals surface area contributed by atoms with Gasteiger partial charge in [-0.1, -0.05) is 0 Å². The van der Waals surface area contributed by atoms with Crippen molar-refractivity contribution in [2.45, 2.75) is 17.7 Å². The van der Waals surface area contributed by atoms with E-state index in [0.29, 0.717) is 17.7 Å². The van der Waals surface area contributed by atoms with Crippen LogP contribution in [0.1, 0.15) is 23.2 Å². The van der Waals surface area contributed by atoms with Gasteiger partial charge in [0.25, 0.3) is 0 Å². The highest BCUT2D eigenvalue weighted by Crippen LogP contribution is 2.20. The van der Waals surface area contributed by atoms with Gasteiger partial charge in [0.15, 0.2) is 5.78 Å². The molecular weight excluding hydrogens is 280 g/mol. The molecule has 2 N–H and O–H groups in total. The van der Waals surface area contributed by atoms with E-state index < -0.39 is 11.9 Å². The van der Waals surface area contributed by atoms with Crippen LogP contribution >= 0.6 is 11.8 Å². The lowest BCUT2D eigenvalue weighted by Crippen LogP contribution is -1.96. The molecule has 0 atom stereocenters. The number of hydrogen-bond acceptors (Lipinski definition) is 4. The fraction of sp³-hybridized carbons (Fsp3) is 0.214. The van der Waals surface area contributed by atoms with Gasteiger partial charge in [-0.3, -0.25) is 9.59 Å². The number of ketones is 1. The Hall–Kier alpha value is -2.08. The third kappa shape index (κ3) is 6.19. The summed E-state index contributed by atoms with van der Waals surface area (Å²) < 4.78 is 0. The lowest BCUT2D eigenvalue weighted by atomic mass is 10.1. The Labute approximate surface area is 120 Å². The predicted molar refractivity (Wildman–Crippen MR) is 75.1 cm³/mol. The first-order valence-electron chi connectivity index (χ1n) is 5.89. The van der Waals surface area contributed by atoms with E-state index in [1.165, 1.54) is 11.8 Å². The zero-order valence-corrected chi connectivity index (χ0v) is 11.4. The zero-order valence-electron chi connectivity index (χ0n) is 10.6. The highest BCUT2D eigenvalue weighted by Gasteiger charge is 2.03. The Morgan fingerprint density at radius 2 is 1.70 bits per heavy atom. The van der Waals surface area contributed by atoms with Crippen LogP contribution in [0.5, 0.6) is 0 Å². The number of carbonyl (C=O) groups is 3. The molecule has 0 bridgehead atoms. The normalized spacial score (nSPS) is 10.6. The van der Waals surface area contributed by atoms with Crippen LogP contribution in [0.25, 0.3) is 0 Å². The first kappa shape index (κ1) is 16.0. The molecule has 0 aromatic heterocycles. The third-order valence-corrected chi connectivity index (χ3v) is 3.42. The monoisotopic (exact) mass is 294 g/mol. The number of thioether (sulfide) groups is 1. The minimum Gasteiger partial charge on any atom is -0.481 e. The second-order valence-corrected chi connectivity index (χ2v) is 5.07. The van der Waals surface area contributed by atoms with Gasteiger partial charge in [-0.2, -0.15) is 0 Å². The van der Waals surface area contributed by atoms with Crippen LogP contribution in [0, 0.1) is 0 Å². The number of hydrogen-bond donors (Lipinski definition) is 2. The Morgan fingerprint density at radius 1 is 1.05 bits per heavy atom. The lowest BCUT2D eigenvalue weighted by Gasteiger charge is -2.01.